The van der Waals surface area contributed by atoms with Crippen LogP contribution in [-0.4, -0.2) is 121 Å². The minimum Gasteiger partial charge on any atom is -0.364 e. The zero-order valence-electron chi connectivity index (χ0n) is 34.9. The van der Waals surface area contributed by atoms with Crippen molar-refractivity contribution < 1.29 is 45.5 Å². The number of carbonyl (C=O) groups is 3. The number of alkyl halides is 6. The van der Waals surface area contributed by atoms with Gasteiger partial charge in [0.15, 0.2) is 11.3 Å². The number of nitrogens with zero attached hydrogens (tertiary/aromatic N) is 10. The Hall–Kier alpha value is -5.97. The molecule has 23 heteroatoms. The van der Waals surface area contributed by atoms with Crippen LogP contribution >= 0.6 is 0 Å². The van der Waals surface area contributed by atoms with E-state index in [-0.39, 0.29) is 73.6 Å². The molecule has 3 saturated heterocycles. The number of nitrogens with one attached hydrogen (secondary N) is 2. The predicted octanol–water partition coefficient (Wildman–Crippen LogP) is 4.75. The van der Waals surface area contributed by atoms with Crippen molar-refractivity contribution >= 4 is 51.6 Å². The molecule has 4 aliphatic rings. The molecule has 2 unspecified atom stereocenters. The molecule has 0 spiro atoms. The van der Waals surface area contributed by atoms with Crippen LogP contribution in [0.1, 0.15) is 79.5 Å². The standard InChI is InChI=1S/C41H46F6N12O5/c1-53(30-12-14-55(21-40(30,44)45)27-4-3-5-28-34(27)54(2)39(63)59(28)29-10-11-32(60)51-38(29)62)19-23-6-8-24(9-7-23)58-20-26(33(52-58)35(42)43)49-37(61)25-18-48-57-15-13-31(50-36(25)57)56-16-17-64-41(46,47)22-56/h3-5,13,15,18,20,23-24,29-30,35H,6-12,14,16-17,19,21-22H2,1-2H3,(H,49,61)(H,51,60,62). The van der Waals surface area contributed by atoms with Crippen LogP contribution in [0.2, 0.25) is 0 Å². The average Bonchev–Trinajstić information content (AvgIpc) is 3.94. The molecule has 64 heavy (non-hydrogen) atoms. The summed E-state index contributed by atoms with van der Waals surface area (Å²) < 4.78 is 98.6. The Kier molecular flexibility index (Phi) is 11.2. The highest BCUT2D eigenvalue weighted by Gasteiger charge is 2.48. The second kappa shape index (κ2) is 16.5. The molecule has 5 aromatic rings. The lowest BCUT2D eigenvalue weighted by atomic mass is 9.85. The molecular formula is C41H46F6N12O5. The molecule has 3 amide bonds. The number of amides is 3. The zero-order chi connectivity index (χ0) is 45.2. The maximum Gasteiger partial charge on any atom is 0.373 e. The lowest BCUT2D eigenvalue weighted by molar-refractivity contribution is -0.240. The monoisotopic (exact) mass is 900 g/mol. The molecule has 1 aliphatic carbocycles. The minimum absolute atomic E-state index is 0.0346. The van der Waals surface area contributed by atoms with Gasteiger partial charge in [-0.25, -0.2) is 31.9 Å². The molecule has 9 rings (SSSR count). The van der Waals surface area contributed by atoms with E-state index in [1.165, 1.54) is 54.9 Å². The fourth-order valence-corrected chi connectivity index (χ4v) is 9.79. The Bertz CT molecular complexity index is 2670. The molecule has 3 aliphatic heterocycles. The SMILES string of the molecule is CN(CC1CCC(n2cc(NC(=O)c3cnn4ccc(N5CCOC(F)(F)C5)nc34)c(C(F)F)n2)CC1)C1CCN(c2cccc3c2n(C)c(=O)n3C2CCC(=O)NC2=O)CC1(F)F. The van der Waals surface area contributed by atoms with Gasteiger partial charge in [0.25, 0.3) is 18.3 Å². The number of imidazole rings is 1. The molecule has 0 radical (unpaired) electrons. The maximum absolute atomic E-state index is 16.2. The van der Waals surface area contributed by atoms with Crippen LogP contribution in [0.3, 0.4) is 0 Å². The molecule has 4 aromatic heterocycles. The number of morpholine rings is 1. The topological polar surface area (TPSA) is 169 Å². The molecule has 2 N–H and O–H groups in total. The molecule has 4 fully saturated rings. The maximum atomic E-state index is 16.2. The third kappa shape index (κ3) is 8.07. The number of para-hydroxylation sites is 1. The molecule has 17 nitrogen and oxygen atoms in total. The van der Waals surface area contributed by atoms with E-state index in [0.29, 0.717) is 48.9 Å². The number of carbonyl (C=O) groups excluding carboxylic acids is 3. The number of hydrogen-bond acceptors (Lipinski definition) is 11. The molecule has 1 aromatic carbocycles. The van der Waals surface area contributed by atoms with E-state index in [9.17, 15) is 36.7 Å². The molecule has 2 atom stereocenters. The third-order valence-corrected chi connectivity index (χ3v) is 13.0. The van der Waals surface area contributed by atoms with Gasteiger partial charge in [0, 0.05) is 45.5 Å². The smallest absolute Gasteiger partial charge is 0.364 e. The Labute approximate surface area is 360 Å². The van der Waals surface area contributed by atoms with Crippen LogP contribution in [0.25, 0.3) is 16.7 Å². The minimum atomic E-state index is -3.38. The number of imide groups is 1. The fraction of sp³-hybridized carbons (Fsp3) is 0.537. The van der Waals surface area contributed by atoms with Crippen molar-refractivity contribution in [2.24, 2.45) is 13.0 Å². The van der Waals surface area contributed by atoms with Crippen LogP contribution < -0.4 is 26.1 Å². The Balaban J connectivity index is 0.827. The summed E-state index contributed by atoms with van der Waals surface area (Å²) in [6.07, 6.45) is 0.277. The van der Waals surface area contributed by atoms with Gasteiger partial charge in [0.1, 0.15) is 24.0 Å². The number of benzene rings is 1. The quantitative estimate of drug-likeness (QED) is 0.147. The Morgan fingerprint density at radius 1 is 1.02 bits per heavy atom. The van der Waals surface area contributed by atoms with Gasteiger partial charge in [0.05, 0.1) is 53.8 Å². The van der Waals surface area contributed by atoms with Gasteiger partial charge in [-0.15, -0.1) is 0 Å². The second-order valence-corrected chi connectivity index (χ2v) is 17.1. The largest absolute Gasteiger partial charge is 0.373 e. The summed E-state index contributed by atoms with van der Waals surface area (Å²) in [5.74, 6) is -4.73. The predicted molar refractivity (Wildman–Crippen MR) is 219 cm³/mol. The average molecular weight is 901 g/mol. The number of piperidine rings is 2. The van der Waals surface area contributed by atoms with Gasteiger partial charge in [0.2, 0.25) is 11.8 Å². The number of fused-ring (bicyclic) bond motifs is 2. The molecule has 7 heterocycles. The van der Waals surface area contributed by atoms with Crippen molar-refractivity contribution in [3.63, 3.8) is 0 Å². The number of aryl methyl sites for hydroxylation is 1. The summed E-state index contributed by atoms with van der Waals surface area (Å²) in [4.78, 5) is 60.4. The fourth-order valence-electron chi connectivity index (χ4n) is 9.79. The summed E-state index contributed by atoms with van der Waals surface area (Å²) in [6.45, 7) is -0.763. The van der Waals surface area contributed by atoms with Gasteiger partial charge >= 0.3 is 11.8 Å². The molecular weight excluding hydrogens is 855 g/mol. The first-order valence-corrected chi connectivity index (χ1v) is 21.1. The number of ether oxygens (including phenoxy) is 1. The summed E-state index contributed by atoms with van der Waals surface area (Å²) in [5, 5.41) is 13.0. The van der Waals surface area contributed by atoms with Gasteiger partial charge < -0.3 is 19.9 Å². The van der Waals surface area contributed by atoms with E-state index in [0.717, 1.165) is 0 Å². The molecule has 0 bridgehead atoms. The van der Waals surface area contributed by atoms with Gasteiger partial charge in [-0.05, 0) is 69.7 Å². The van der Waals surface area contributed by atoms with E-state index in [2.05, 4.69) is 30.6 Å². The summed E-state index contributed by atoms with van der Waals surface area (Å²) in [6, 6.07) is 4.23. The molecule has 342 valence electrons. The van der Waals surface area contributed by atoms with E-state index >= 15 is 8.78 Å². The first-order chi connectivity index (χ1) is 30.5. The first kappa shape index (κ1) is 43.3. The van der Waals surface area contributed by atoms with Crippen LogP contribution in [-0.2, 0) is 21.4 Å². The van der Waals surface area contributed by atoms with E-state index in [1.54, 1.807) is 35.0 Å². The van der Waals surface area contributed by atoms with E-state index < -0.39 is 72.7 Å². The number of aromatic nitrogens is 7. The van der Waals surface area contributed by atoms with Crippen molar-refractivity contribution in [3.05, 3.63) is 64.6 Å². The van der Waals surface area contributed by atoms with Gasteiger partial charge in [-0.1, -0.05) is 6.07 Å². The van der Waals surface area contributed by atoms with Crippen LogP contribution in [0, 0.1) is 5.92 Å². The number of rotatable bonds is 10. The highest BCUT2D eigenvalue weighted by atomic mass is 19.3. The van der Waals surface area contributed by atoms with Crippen molar-refractivity contribution in [3.8, 4) is 0 Å². The van der Waals surface area contributed by atoms with E-state index in [1.807, 2.05) is 0 Å². The van der Waals surface area contributed by atoms with Crippen LogP contribution in [0.5, 0.6) is 0 Å². The Morgan fingerprint density at radius 2 is 1.80 bits per heavy atom. The van der Waals surface area contributed by atoms with Gasteiger partial charge in [-0.2, -0.15) is 19.0 Å². The lowest BCUT2D eigenvalue weighted by Crippen LogP contribution is -2.58. The summed E-state index contributed by atoms with van der Waals surface area (Å²) >= 11 is 0. The highest BCUT2D eigenvalue weighted by Crippen LogP contribution is 2.40. The van der Waals surface area contributed by atoms with Crippen molar-refractivity contribution in [2.75, 3.05) is 61.5 Å². The number of hydrogen-bond donors (Lipinski definition) is 2. The van der Waals surface area contributed by atoms with Crippen molar-refractivity contribution in [2.45, 2.75) is 81.5 Å². The third-order valence-electron chi connectivity index (χ3n) is 13.0. The van der Waals surface area contributed by atoms with Crippen LogP contribution in [0.4, 0.5) is 43.5 Å². The lowest BCUT2D eigenvalue weighted by Gasteiger charge is -2.44. The first-order valence-electron chi connectivity index (χ1n) is 21.1. The number of anilines is 3. The van der Waals surface area contributed by atoms with E-state index in [4.69, 9.17) is 0 Å². The normalized spacial score (nSPS) is 24.0. The van der Waals surface area contributed by atoms with Crippen molar-refractivity contribution in [1.29, 1.82) is 0 Å². The second-order valence-electron chi connectivity index (χ2n) is 17.1. The molecule has 1 saturated carbocycles. The number of halogens is 6. The summed E-state index contributed by atoms with van der Waals surface area (Å²) in [7, 11) is 3.22. The Morgan fingerprint density at radius 3 is 2.52 bits per heavy atom. The van der Waals surface area contributed by atoms with Crippen LogP contribution in [0.15, 0.2) is 47.7 Å². The highest BCUT2D eigenvalue weighted by molar-refractivity contribution is 6.08. The van der Waals surface area contributed by atoms with Crippen molar-refractivity contribution in [1.82, 2.24) is 43.7 Å². The summed E-state index contributed by atoms with van der Waals surface area (Å²) in [5.41, 5.74) is -0.0719. The zero-order valence-corrected chi connectivity index (χ0v) is 34.9. The van der Waals surface area contributed by atoms with Gasteiger partial charge in [-0.3, -0.25) is 38.4 Å².